The fraction of sp³-hybridized carbons (Fsp3) is 1.00. The molecule has 0 heterocycles. The van der Waals surface area contributed by atoms with Gasteiger partial charge in [-0.2, -0.15) is 0 Å². The maximum atomic E-state index is 6.09. The summed E-state index contributed by atoms with van der Waals surface area (Å²) >= 11 is 0. The highest BCUT2D eigenvalue weighted by atomic mass is 15.1. The third-order valence-corrected chi connectivity index (χ3v) is 2.40. The van der Waals surface area contributed by atoms with Crippen molar-refractivity contribution in [2.24, 2.45) is 17.6 Å². The van der Waals surface area contributed by atoms with E-state index in [1.54, 1.807) is 0 Å². The molecular formula is C13H30N2. The molecular weight excluding hydrogens is 184 g/mol. The fourth-order valence-electron chi connectivity index (χ4n) is 2.05. The van der Waals surface area contributed by atoms with Gasteiger partial charge in [0.1, 0.15) is 0 Å². The van der Waals surface area contributed by atoms with Gasteiger partial charge in [0.25, 0.3) is 0 Å². The van der Waals surface area contributed by atoms with Gasteiger partial charge in [-0.1, -0.05) is 41.0 Å². The Morgan fingerprint density at radius 3 is 1.73 bits per heavy atom. The second-order valence-electron chi connectivity index (χ2n) is 5.55. The lowest BCUT2D eigenvalue weighted by Gasteiger charge is -2.28. The second-order valence-corrected chi connectivity index (χ2v) is 5.55. The van der Waals surface area contributed by atoms with E-state index in [1.807, 2.05) is 0 Å². The number of nitrogens with zero attached hydrogens (tertiary/aromatic N) is 1. The minimum absolute atomic E-state index is 0.354. The van der Waals surface area contributed by atoms with Gasteiger partial charge in [-0.3, -0.25) is 0 Å². The minimum Gasteiger partial charge on any atom is -0.327 e. The zero-order valence-corrected chi connectivity index (χ0v) is 11.3. The van der Waals surface area contributed by atoms with Crippen LogP contribution in [0, 0.1) is 11.8 Å². The molecule has 1 atom stereocenters. The van der Waals surface area contributed by atoms with Gasteiger partial charge in [-0.25, -0.2) is 0 Å². The molecule has 0 saturated carbocycles. The molecule has 0 radical (unpaired) electrons. The van der Waals surface area contributed by atoms with E-state index in [9.17, 15) is 0 Å². The zero-order chi connectivity index (χ0) is 11.8. The van der Waals surface area contributed by atoms with Gasteiger partial charge in [0.2, 0.25) is 0 Å². The smallest absolute Gasteiger partial charge is 0.0167 e. The van der Waals surface area contributed by atoms with Gasteiger partial charge in [-0.05, 0) is 18.3 Å². The number of nitrogens with two attached hydrogens (primary N) is 1. The minimum atomic E-state index is 0.354. The average molecular weight is 214 g/mol. The summed E-state index contributed by atoms with van der Waals surface area (Å²) < 4.78 is 0. The quantitative estimate of drug-likeness (QED) is 0.673. The van der Waals surface area contributed by atoms with E-state index < -0.39 is 0 Å². The van der Waals surface area contributed by atoms with Crippen molar-refractivity contribution in [1.29, 1.82) is 0 Å². The highest BCUT2D eigenvalue weighted by Gasteiger charge is 2.12. The molecule has 0 saturated heterocycles. The molecule has 0 aliphatic carbocycles. The lowest BCUT2D eigenvalue weighted by molar-refractivity contribution is 0.204. The van der Waals surface area contributed by atoms with E-state index in [-0.39, 0.29) is 0 Å². The summed E-state index contributed by atoms with van der Waals surface area (Å²) in [6, 6.07) is 0.354. The van der Waals surface area contributed by atoms with Crippen molar-refractivity contribution < 1.29 is 0 Å². The molecule has 2 heteroatoms. The molecule has 15 heavy (non-hydrogen) atoms. The molecule has 0 amide bonds. The van der Waals surface area contributed by atoms with E-state index in [1.165, 1.54) is 19.5 Å². The average Bonchev–Trinajstić information content (AvgIpc) is 2.00. The van der Waals surface area contributed by atoms with Crippen LogP contribution in [0.1, 0.15) is 47.5 Å². The van der Waals surface area contributed by atoms with Crippen LogP contribution in [0.15, 0.2) is 0 Å². The molecule has 2 N–H and O–H groups in total. The SMILES string of the molecule is CCC[C@H](N)CN(CC(C)C)CC(C)C. The summed E-state index contributed by atoms with van der Waals surface area (Å²) in [5, 5.41) is 0. The van der Waals surface area contributed by atoms with Gasteiger partial charge in [0.05, 0.1) is 0 Å². The molecule has 2 nitrogen and oxygen atoms in total. The summed E-state index contributed by atoms with van der Waals surface area (Å²) in [7, 11) is 0. The van der Waals surface area contributed by atoms with Crippen LogP contribution in [0.5, 0.6) is 0 Å². The molecule has 0 aromatic rings. The van der Waals surface area contributed by atoms with Crippen LogP contribution in [-0.2, 0) is 0 Å². The van der Waals surface area contributed by atoms with E-state index >= 15 is 0 Å². The first kappa shape index (κ1) is 14.9. The Labute approximate surface area is 96.2 Å². The summed E-state index contributed by atoms with van der Waals surface area (Å²) in [6.07, 6.45) is 2.34. The Morgan fingerprint density at radius 1 is 0.933 bits per heavy atom. The Hall–Kier alpha value is -0.0800. The Bertz CT molecular complexity index is 133. The molecule has 0 rings (SSSR count). The summed E-state index contributed by atoms with van der Waals surface area (Å²) in [5.41, 5.74) is 6.09. The molecule has 0 spiro atoms. The van der Waals surface area contributed by atoms with E-state index in [4.69, 9.17) is 5.73 Å². The van der Waals surface area contributed by atoms with Crippen molar-refractivity contribution >= 4 is 0 Å². The van der Waals surface area contributed by atoms with Crippen LogP contribution in [0.25, 0.3) is 0 Å². The van der Waals surface area contributed by atoms with Crippen LogP contribution in [-0.4, -0.2) is 30.6 Å². The predicted molar refractivity (Wildman–Crippen MR) is 69.0 cm³/mol. The number of hydrogen-bond acceptors (Lipinski definition) is 2. The van der Waals surface area contributed by atoms with Crippen molar-refractivity contribution in [1.82, 2.24) is 4.90 Å². The third kappa shape index (κ3) is 8.88. The van der Waals surface area contributed by atoms with Crippen LogP contribution in [0.4, 0.5) is 0 Å². The van der Waals surface area contributed by atoms with Crippen molar-refractivity contribution in [3.8, 4) is 0 Å². The van der Waals surface area contributed by atoms with Crippen LogP contribution >= 0.6 is 0 Å². The first-order chi connectivity index (χ1) is 6.95. The van der Waals surface area contributed by atoms with Gasteiger partial charge >= 0.3 is 0 Å². The molecule has 92 valence electrons. The maximum absolute atomic E-state index is 6.09. The second kappa shape index (κ2) is 8.12. The monoisotopic (exact) mass is 214 g/mol. The van der Waals surface area contributed by atoms with E-state index in [2.05, 4.69) is 39.5 Å². The van der Waals surface area contributed by atoms with Crippen LogP contribution in [0.3, 0.4) is 0 Å². The van der Waals surface area contributed by atoms with Crippen LogP contribution in [0.2, 0.25) is 0 Å². The standard InChI is InChI=1S/C13H30N2/c1-6-7-13(14)10-15(8-11(2)3)9-12(4)5/h11-13H,6-10,14H2,1-5H3/t13-/m0/s1. The molecule has 0 aliphatic rings. The Balaban J connectivity index is 3.99. The van der Waals surface area contributed by atoms with E-state index in [0.29, 0.717) is 6.04 Å². The first-order valence-corrected chi connectivity index (χ1v) is 6.43. The third-order valence-electron chi connectivity index (χ3n) is 2.40. The zero-order valence-electron chi connectivity index (χ0n) is 11.3. The lowest BCUT2D eigenvalue weighted by atomic mass is 10.1. The van der Waals surface area contributed by atoms with Crippen molar-refractivity contribution in [2.45, 2.75) is 53.5 Å². The molecule has 0 aromatic carbocycles. The fourth-order valence-corrected chi connectivity index (χ4v) is 2.05. The number of rotatable bonds is 8. The van der Waals surface area contributed by atoms with Crippen molar-refractivity contribution in [3.63, 3.8) is 0 Å². The Morgan fingerprint density at radius 2 is 1.40 bits per heavy atom. The van der Waals surface area contributed by atoms with Crippen molar-refractivity contribution in [2.75, 3.05) is 19.6 Å². The summed E-state index contributed by atoms with van der Waals surface area (Å²) in [4.78, 5) is 2.52. The maximum Gasteiger partial charge on any atom is 0.0167 e. The van der Waals surface area contributed by atoms with Crippen molar-refractivity contribution in [3.05, 3.63) is 0 Å². The normalized spacial score (nSPS) is 14.2. The Kier molecular flexibility index (Phi) is 8.07. The first-order valence-electron chi connectivity index (χ1n) is 6.43. The highest BCUT2D eigenvalue weighted by molar-refractivity contribution is 4.70. The molecule has 0 fully saturated rings. The largest absolute Gasteiger partial charge is 0.327 e. The number of hydrogen-bond donors (Lipinski definition) is 1. The molecule has 0 bridgehead atoms. The molecule has 0 aliphatic heterocycles. The van der Waals surface area contributed by atoms with E-state index in [0.717, 1.165) is 24.8 Å². The molecule has 0 unspecified atom stereocenters. The van der Waals surface area contributed by atoms with Gasteiger partial charge in [0, 0.05) is 25.7 Å². The lowest BCUT2D eigenvalue weighted by Crippen LogP contribution is -2.41. The van der Waals surface area contributed by atoms with Gasteiger partial charge in [-0.15, -0.1) is 0 Å². The summed E-state index contributed by atoms with van der Waals surface area (Å²) in [5.74, 6) is 1.47. The predicted octanol–water partition coefficient (Wildman–Crippen LogP) is 2.73. The van der Waals surface area contributed by atoms with Gasteiger partial charge < -0.3 is 10.6 Å². The highest BCUT2D eigenvalue weighted by Crippen LogP contribution is 2.06. The topological polar surface area (TPSA) is 29.3 Å². The molecule has 0 aromatic heterocycles. The van der Waals surface area contributed by atoms with Crippen LogP contribution < -0.4 is 5.73 Å². The summed E-state index contributed by atoms with van der Waals surface area (Å²) in [6.45, 7) is 14.7. The van der Waals surface area contributed by atoms with Gasteiger partial charge in [0.15, 0.2) is 0 Å².